The molecule has 15 heteroatoms. The minimum Gasteiger partial charge on any atom is -0.426 e. The molecule has 6 N–H and O–H groups in total. The van der Waals surface area contributed by atoms with E-state index in [-0.39, 0.29) is 54.6 Å². The highest BCUT2D eigenvalue weighted by atomic mass is 32.1. The molecule has 3 amide bonds. The summed E-state index contributed by atoms with van der Waals surface area (Å²) in [7, 11) is 1.69. The molecular weight excluding hydrogens is 825 g/mol. The van der Waals surface area contributed by atoms with Crippen molar-refractivity contribution >= 4 is 68.7 Å². The number of thiophene rings is 1. The molecule has 0 spiro atoms. The van der Waals surface area contributed by atoms with Crippen LogP contribution in [-0.2, 0) is 40.0 Å². The van der Waals surface area contributed by atoms with Crippen LogP contribution in [0.2, 0.25) is 0 Å². The van der Waals surface area contributed by atoms with Crippen LogP contribution < -0.4 is 26.4 Å². The first-order valence-corrected chi connectivity index (χ1v) is 22.9. The molecular formula is C48H66N4O10S. The Kier molecular flexibility index (Phi) is 21.4. The molecule has 9 atom stereocenters. The lowest BCUT2D eigenvalue weighted by atomic mass is 9.83. The summed E-state index contributed by atoms with van der Waals surface area (Å²) >= 11 is 1.59. The molecule has 0 aliphatic heterocycles. The molecule has 0 radical (unpaired) electrons. The summed E-state index contributed by atoms with van der Waals surface area (Å²) in [5, 5.41) is 22.0. The smallest absolute Gasteiger partial charge is 0.315 e. The third kappa shape index (κ3) is 15.0. The van der Waals surface area contributed by atoms with E-state index in [1.165, 1.54) is 12.1 Å². The zero-order valence-corrected chi connectivity index (χ0v) is 38.5. The number of carbonyl (C=O) groups is 8. The molecule has 344 valence electrons. The van der Waals surface area contributed by atoms with Crippen molar-refractivity contribution in [2.75, 3.05) is 13.7 Å². The number of ketones is 3. The maximum absolute atomic E-state index is 14.1. The van der Waals surface area contributed by atoms with Crippen LogP contribution in [0.5, 0.6) is 5.75 Å². The van der Waals surface area contributed by atoms with Crippen molar-refractivity contribution in [3.63, 3.8) is 0 Å². The first-order chi connectivity index (χ1) is 30.0. The molecule has 0 fully saturated rings. The number of aliphatic hydroxyl groups is 1. The Balaban J connectivity index is 1.78. The second-order valence-corrected chi connectivity index (χ2v) is 17.6. The molecule has 0 bridgehead atoms. The zero-order valence-electron chi connectivity index (χ0n) is 37.6. The Morgan fingerprint density at radius 1 is 0.762 bits per heavy atom. The van der Waals surface area contributed by atoms with Gasteiger partial charge in [0.15, 0.2) is 23.6 Å². The van der Waals surface area contributed by atoms with E-state index in [9.17, 15) is 43.5 Å². The summed E-state index contributed by atoms with van der Waals surface area (Å²) in [4.78, 5) is 107. The number of aldehydes is 1. The van der Waals surface area contributed by atoms with Crippen LogP contribution in [0.3, 0.4) is 0 Å². The van der Waals surface area contributed by atoms with E-state index in [4.69, 9.17) is 10.5 Å². The molecule has 63 heavy (non-hydrogen) atoms. The Labute approximate surface area is 374 Å². The van der Waals surface area contributed by atoms with Gasteiger partial charge in [0, 0.05) is 42.2 Å². The van der Waals surface area contributed by atoms with Gasteiger partial charge in [0.05, 0.1) is 30.2 Å². The summed E-state index contributed by atoms with van der Waals surface area (Å²) in [6.45, 7) is 10.2. The van der Waals surface area contributed by atoms with E-state index in [2.05, 4.69) is 16.0 Å². The predicted molar refractivity (Wildman–Crippen MR) is 243 cm³/mol. The van der Waals surface area contributed by atoms with Gasteiger partial charge in [0.25, 0.3) is 0 Å². The predicted octanol–water partition coefficient (Wildman–Crippen LogP) is 5.54. The summed E-state index contributed by atoms with van der Waals surface area (Å²) in [5.74, 6) is -7.87. The lowest BCUT2D eigenvalue weighted by Gasteiger charge is -2.29. The molecule has 3 rings (SSSR count). The number of primary amides is 1. The molecule has 2 aromatic carbocycles. The fraction of sp³-hybridized carbons (Fsp3) is 0.542. The monoisotopic (exact) mass is 890 g/mol. The number of Topliss-reactive ketones (excluding diaryl/α,β-unsaturated/α-hetero) is 3. The van der Waals surface area contributed by atoms with Gasteiger partial charge in [-0.2, -0.15) is 0 Å². The van der Waals surface area contributed by atoms with Crippen molar-refractivity contribution < 1.29 is 48.2 Å². The molecule has 14 nitrogen and oxygen atoms in total. The van der Waals surface area contributed by atoms with Gasteiger partial charge in [-0.25, -0.2) is 0 Å². The minimum absolute atomic E-state index is 0.0643. The van der Waals surface area contributed by atoms with Crippen molar-refractivity contribution in [3.8, 4) is 5.75 Å². The summed E-state index contributed by atoms with van der Waals surface area (Å²) in [6.07, 6.45) is 1.21. The van der Waals surface area contributed by atoms with Crippen molar-refractivity contribution in [3.05, 3.63) is 65.0 Å². The third-order valence-electron chi connectivity index (χ3n) is 12.4. The van der Waals surface area contributed by atoms with Crippen LogP contribution >= 0.6 is 11.3 Å². The molecule has 0 saturated carbocycles. The molecule has 0 unspecified atom stereocenters. The quantitative estimate of drug-likeness (QED) is 0.0330. The average Bonchev–Trinajstić information content (AvgIpc) is 3.69. The number of esters is 1. The number of ether oxygens (including phenoxy) is 1. The van der Waals surface area contributed by atoms with Crippen LogP contribution in [0.25, 0.3) is 10.1 Å². The van der Waals surface area contributed by atoms with Gasteiger partial charge in [-0.15, -0.1) is 11.3 Å². The van der Waals surface area contributed by atoms with Gasteiger partial charge in [-0.3, -0.25) is 38.4 Å². The van der Waals surface area contributed by atoms with E-state index < -0.39 is 90.1 Å². The van der Waals surface area contributed by atoms with Crippen LogP contribution in [0, 0.1) is 35.5 Å². The van der Waals surface area contributed by atoms with Crippen LogP contribution in [0.1, 0.15) is 109 Å². The Bertz CT molecular complexity index is 2050. The SMILES string of the molecule is CC[C@H](C)[C@H](CC(=O)[C@@H](Cc1csc2ccccc12)NC)C(=O)N[C@@H](CO)C(=O)C[C@H](CCC(N)=O)C(=O)N[C@@H](C(=O)C[C@H](C(=O)Oc1ccccc1C=O)[C@@H](C)CC)[C@@H](C)CC. The number of para-hydroxylation sites is 1. The third-order valence-corrected chi connectivity index (χ3v) is 13.4. The van der Waals surface area contributed by atoms with Gasteiger partial charge in [0.2, 0.25) is 17.7 Å². The van der Waals surface area contributed by atoms with Crippen molar-refractivity contribution in [1.29, 1.82) is 0 Å². The lowest BCUT2D eigenvalue weighted by molar-refractivity contribution is -0.144. The number of hydrogen-bond donors (Lipinski definition) is 5. The zero-order chi connectivity index (χ0) is 46.8. The first-order valence-electron chi connectivity index (χ1n) is 22.0. The fourth-order valence-corrected chi connectivity index (χ4v) is 8.54. The van der Waals surface area contributed by atoms with Crippen LogP contribution in [-0.4, -0.2) is 84.2 Å². The highest BCUT2D eigenvalue weighted by Crippen LogP contribution is 2.29. The second-order valence-electron chi connectivity index (χ2n) is 16.7. The van der Waals surface area contributed by atoms with Gasteiger partial charge < -0.3 is 31.5 Å². The molecule has 1 aromatic heterocycles. The number of carbonyl (C=O) groups excluding carboxylic acids is 8. The Morgan fingerprint density at radius 3 is 1.98 bits per heavy atom. The normalized spacial score (nSPS) is 15.7. The largest absolute Gasteiger partial charge is 0.426 e. The summed E-state index contributed by atoms with van der Waals surface area (Å²) in [5.41, 5.74) is 6.64. The molecule has 0 saturated heterocycles. The van der Waals surface area contributed by atoms with E-state index >= 15 is 0 Å². The van der Waals surface area contributed by atoms with E-state index in [1.54, 1.807) is 44.4 Å². The number of fused-ring (bicyclic) bond motifs is 1. The molecule has 0 aliphatic rings. The topological polar surface area (TPSA) is 228 Å². The van der Waals surface area contributed by atoms with Crippen molar-refractivity contribution in [1.82, 2.24) is 16.0 Å². The number of aliphatic hydroxyl groups excluding tert-OH is 1. The standard InChI is InChI=1S/C48H66N4O10S/c1-8-28(4)35(23-40(56)37(50-7)21-33-27-63-43-18-14-12-16-34(33)43)47(60)51-38(26-54)39(55)22-31(19-20-44(49)58)46(59)52-45(30(6)10-3)41(57)24-36(29(5)9-2)48(61)62-42-17-13-11-15-32(42)25-53/h11-18,25,27-31,35-38,45,50,54H,8-10,19-24,26H2,1-7H3,(H2,49,58)(H,51,60)(H,52,59)/t28-,29-,30-,31-,35-,36-,37+,38-,45+/m0/s1. The number of amides is 3. The number of likely N-dealkylation sites (N-methyl/N-ethyl adjacent to an activating group) is 1. The summed E-state index contributed by atoms with van der Waals surface area (Å²) < 4.78 is 6.71. The minimum atomic E-state index is -1.43. The average molecular weight is 891 g/mol. The van der Waals surface area contributed by atoms with E-state index in [0.29, 0.717) is 32.0 Å². The molecule has 1 heterocycles. The number of nitrogens with one attached hydrogen (secondary N) is 3. The van der Waals surface area contributed by atoms with Gasteiger partial charge in [0.1, 0.15) is 11.8 Å². The van der Waals surface area contributed by atoms with E-state index in [0.717, 1.165) is 15.6 Å². The highest BCUT2D eigenvalue weighted by Gasteiger charge is 2.37. The van der Waals surface area contributed by atoms with Crippen LogP contribution in [0.4, 0.5) is 0 Å². The number of nitrogens with two attached hydrogens (primary N) is 1. The van der Waals surface area contributed by atoms with Gasteiger partial charge >= 0.3 is 5.97 Å². The summed E-state index contributed by atoms with van der Waals surface area (Å²) in [6, 6.07) is 11.1. The number of benzene rings is 2. The maximum Gasteiger partial charge on any atom is 0.315 e. The number of rotatable bonds is 29. The van der Waals surface area contributed by atoms with E-state index in [1.807, 2.05) is 57.3 Å². The fourth-order valence-electron chi connectivity index (χ4n) is 7.56. The Morgan fingerprint density at radius 2 is 1.37 bits per heavy atom. The van der Waals surface area contributed by atoms with Crippen molar-refractivity contribution in [2.24, 2.45) is 41.2 Å². The Hall–Kier alpha value is -5.12. The second kappa shape index (κ2) is 25.9. The first kappa shape index (κ1) is 52.2. The van der Waals surface area contributed by atoms with Gasteiger partial charge in [-0.1, -0.05) is 91.1 Å². The lowest BCUT2D eigenvalue weighted by Crippen LogP contribution is -2.51. The number of hydrogen-bond acceptors (Lipinski definition) is 12. The van der Waals surface area contributed by atoms with Crippen LogP contribution in [0.15, 0.2) is 53.9 Å². The maximum atomic E-state index is 14.1. The highest BCUT2D eigenvalue weighted by molar-refractivity contribution is 7.17. The molecule has 0 aliphatic carbocycles. The van der Waals surface area contributed by atoms with Gasteiger partial charge in [-0.05, 0) is 72.2 Å². The molecule has 3 aromatic rings. The van der Waals surface area contributed by atoms with Crippen molar-refractivity contribution in [2.45, 2.75) is 117 Å².